The summed E-state index contributed by atoms with van der Waals surface area (Å²) in [5.74, 6) is 0.900. The summed E-state index contributed by atoms with van der Waals surface area (Å²) in [7, 11) is 1.65. The Morgan fingerprint density at radius 2 is 1.73 bits per heavy atom. The van der Waals surface area contributed by atoms with Crippen LogP contribution in [0.3, 0.4) is 0 Å². The number of methoxy groups -OCH3 is 1. The molecular weight excluding hydrogens is 326 g/mol. The zero-order chi connectivity index (χ0) is 18.4. The third-order valence-electron chi connectivity index (χ3n) is 4.84. The summed E-state index contributed by atoms with van der Waals surface area (Å²) >= 11 is 0. The highest BCUT2D eigenvalue weighted by Gasteiger charge is 2.19. The van der Waals surface area contributed by atoms with Gasteiger partial charge in [-0.3, -0.25) is 9.69 Å². The van der Waals surface area contributed by atoms with Gasteiger partial charge >= 0.3 is 0 Å². The first-order valence-corrected chi connectivity index (χ1v) is 9.08. The third kappa shape index (κ3) is 4.76. The van der Waals surface area contributed by atoms with Crippen LogP contribution >= 0.6 is 0 Å². The highest BCUT2D eigenvalue weighted by Crippen LogP contribution is 2.20. The van der Waals surface area contributed by atoms with Gasteiger partial charge in [0.1, 0.15) is 5.75 Å². The molecule has 1 aliphatic rings. The van der Waals surface area contributed by atoms with Crippen LogP contribution in [0.1, 0.15) is 11.1 Å². The molecule has 0 unspecified atom stereocenters. The van der Waals surface area contributed by atoms with E-state index in [1.54, 1.807) is 7.11 Å². The fourth-order valence-corrected chi connectivity index (χ4v) is 3.27. The zero-order valence-electron chi connectivity index (χ0n) is 15.6. The standard InChI is InChI=1S/C21H27N3O2/c1-17-5-3-4-6-20(17)24-13-11-23(12-14-24)16-21(25)22-15-18-7-9-19(26-2)10-8-18/h3-10H,11-16H2,1-2H3,(H,22,25). The molecule has 0 aliphatic carbocycles. The molecule has 1 N–H and O–H groups in total. The smallest absolute Gasteiger partial charge is 0.234 e. The van der Waals surface area contributed by atoms with Gasteiger partial charge in [-0.2, -0.15) is 0 Å². The van der Waals surface area contributed by atoms with Crippen LogP contribution < -0.4 is 15.0 Å². The average Bonchev–Trinajstić information content (AvgIpc) is 2.68. The van der Waals surface area contributed by atoms with Crippen molar-refractivity contribution in [1.29, 1.82) is 0 Å². The normalized spacial score (nSPS) is 14.9. The van der Waals surface area contributed by atoms with Gasteiger partial charge in [0.25, 0.3) is 0 Å². The van der Waals surface area contributed by atoms with Gasteiger partial charge in [-0.25, -0.2) is 0 Å². The average molecular weight is 353 g/mol. The molecule has 0 aromatic heterocycles. The monoisotopic (exact) mass is 353 g/mol. The van der Waals surface area contributed by atoms with Gasteiger partial charge in [0.05, 0.1) is 13.7 Å². The highest BCUT2D eigenvalue weighted by atomic mass is 16.5. The van der Waals surface area contributed by atoms with Crippen LogP contribution in [-0.2, 0) is 11.3 Å². The van der Waals surface area contributed by atoms with Gasteiger partial charge in [-0.15, -0.1) is 0 Å². The number of amides is 1. The minimum absolute atomic E-state index is 0.0742. The molecule has 1 saturated heterocycles. The summed E-state index contributed by atoms with van der Waals surface area (Å²) in [5.41, 5.74) is 3.68. The van der Waals surface area contributed by atoms with E-state index in [0.717, 1.165) is 37.5 Å². The predicted molar refractivity (Wildman–Crippen MR) is 105 cm³/mol. The van der Waals surface area contributed by atoms with Crippen molar-refractivity contribution in [2.75, 3.05) is 44.7 Å². The van der Waals surface area contributed by atoms with E-state index in [4.69, 9.17) is 4.74 Å². The lowest BCUT2D eigenvalue weighted by Crippen LogP contribution is -2.49. The van der Waals surface area contributed by atoms with Crippen molar-refractivity contribution in [3.05, 3.63) is 59.7 Å². The molecule has 0 bridgehead atoms. The van der Waals surface area contributed by atoms with Crippen molar-refractivity contribution in [3.63, 3.8) is 0 Å². The number of carbonyl (C=O) groups is 1. The predicted octanol–water partition coefficient (Wildman–Crippen LogP) is 2.44. The van der Waals surface area contributed by atoms with E-state index >= 15 is 0 Å². The summed E-state index contributed by atoms with van der Waals surface area (Å²) in [4.78, 5) is 16.8. The van der Waals surface area contributed by atoms with Crippen molar-refractivity contribution in [2.24, 2.45) is 0 Å². The minimum Gasteiger partial charge on any atom is -0.497 e. The summed E-state index contributed by atoms with van der Waals surface area (Å²) < 4.78 is 5.15. The fraction of sp³-hybridized carbons (Fsp3) is 0.381. The number of rotatable bonds is 6. The number of carbonyl (C=O) groups excluding carboxylic acids is 1. The number of hydrogen-bond acceptors (Lipinski definition) is 4. The molecule has 1 heterocycles. The number of para-hydroxylation sites is 1. The van der Waals surface area contributed by atoms with Crippen molar-refractivity contribution in [1.82, 2.24) is 10.2 Å². The summed E-state index contributed by atoms with van der Waals surface area (Å²) in [6.45, 7) is 6.87. The van der Waals surface area contributed by atoms with Crippen molar-refractivity contribution < 1.29 is 9.53 Å². The zero-order valence-corrected chi connectivity index (χ0v) is 15.6. The summed E-state index contributed by atoms with van der Waals surface area (Å²) in [5, 5.41) is 3.00. The molecule has 0 atom stereocenters. The number of anilines is 1. The molecule has 1 fully saturated rings. The minimum atomic E-state index is 0.0742. The Hall–Kier alpha value is -2.53. The van der Waals surface area contributed by atoms with Gasteiger partial charge in [-0.05, 0) is 36.2 Å². The van der Waals surface area contributed by atoms with E-state index in [9.17, 15) is 4.79 Å². The lowest BCUT2D eigenvalue weighted by atomic mass is 10.1. The topological polar surface area (TPSA) is 44.8 Å². The molecular formula is C21H27N3O2. The maximum Gasteiger partial charge on any atom is 0.234 e. The van der Waals surface area contributed by atoms with Gasteiger partial charge in [0.2, 0.25) is 5.91 Å². The van der Waals surface area contributed by atoms with Crippen molar-refractivity contribution in [2.45, 2.75) is 13.5 Å². The molecule has 1 aliphatic heterocycles. The van der Waals surface area contributed by atoms with Crippen LogP contribution in [0.4, 0.5) is 5.69 Å². The van der Waals surface area contributed by atoms with E-state index in [-0.39, 0.29) is 5.91 Å². The molecule has 5 nitrogen and oxygen atoms in total. The second-order valence-corrected chi connectivity index (χ2v) is 6.67. The number of piperazine rings is 1. The van der Waals surface area contributed by atoms with Gasteiger partial charge in [0, 0.05) is 38.4 Å². The Balaban J connectivity index is 1.42. The molecule has 2 aromatic rings. The molecule has 138 valence electrons. The molecule has 5 heteroatoms. The van der Waals surface area contributed by atoms with E-state index in [2.05, 4.69) is 46.3 Å². The lowest BCUT2D eigenvalue weighted by Gasteiger charge is -2.36. The molecule has 1 amide bonds. The van der Waals surface area contributed by atoms with Crippen LogP contribution in [0.2, 0.25) is 0 Å². The third-order valence-corrected chi connectivity index (χ3v) is 4.84. The maximum atomic E-state index is 12.2. The number of benzene rings is 2. The van der Waals surface area contributed by atoms with Gasteiger partial charge < -0.3 is 15.0 Å². The lowest BCUT2D eigenvalue weighted by molar-refractivity contribution is -0.122. The molecule has 0 radical (unpaired) electrons. The Morgan fingerprint density at radius 1 is 1.04 bits per heavy atom. The number of hydrogen-bond donors (Lipinski definition) is 1. The number of nitrogens with zero attached hydrogens (tertiary/aromatic N) is 2. The van der Waals surface area contributed by atoms with E-state index in [1.807, 2.05) is 24.3 Å². The molecule has 3 rings (SSSR count). The van der Waals surface area contributed by atoms with Crippen molar-refractivity contribution in [3.8, 4) is 5.75 Å². The molecule has 26 heavy (non-hydrogen) atoms. The quantitative estimate of drug-likeness (QED) is 0.866. The second-order valence-electron chi connectivity index (χ2n) is 6.67. The molecule has 0 spiro atoms. The van der Waals surface area contributed by atoms with Crippen molar-refractivity contribution >= 4 is 11.6 Å². The van der Waals surface area contributed by atoms with Crippen LogP contribution in [0.25, 0.3) is 0 Å². The Labute approximate surface area is 155 Å². The number of ether oxygens (including phenoxy) is 1. The largest absolute Gasteiger partial charge is 0.497 e. The van der Waals surface area contributed by atoms with Gasteiger partial charge in [-0.1, -0.05) is 30.3 Å². The van der Waals surface area contributed by atoms with Crippen LogP contribution in [0, 0.1) is 6.92 Å². The SMILES string of the molecule is COc1ccc(CNC(=O)CN2CCN(c3ccccc3C)CC2)cc1. The first-order chi connectivity index (χ1) is 12.7. The van der Waals surface area contributed by atoms with Gasteiger partial charge in [0.15, 0.2) is 0 Å². The first kappa shape index (κ1) is 18.3. The number of aryl methyl sites for hydroxylation is 1. The highest BCUT2D eigenvalue weighted by molar-refractivity contribution is 5.78. The maximum absolute atomic E-state index is 12.2. The Kier molecular flexibility index (Phi) is 6.12. The van der Waals surface area contributed by atoms with Crippen LogP contribution in [-0.4, -0.2) is 50.6 Å². The van der Waals surface area contributed by atoms with E-state index < -0.39 is 0 Å². The van der Waals surface area contributed by atoms with Crippen LogP contribution in [0.5, 0.6) is 5.75 Å². The molecule has 0 saturated carbocycles. The first-order valence-electron chi connectivity index (χ1n) is 9.08. The summed E-state index contributed by atoms with van der Waals surface area (Å²) in [6.07, 6.45) is 0. The van der Waals surface area contributed by atoms with E-state index in [0.29, 0.717) is 13.1 Å². The fourth-order valence-electron chi connectivity index (χ4n) is 3.27. The Bertz CT molecular complexity index is 722. The van der Waals surface area contributed by atoms with Crippen LogP contribution in [0.15, 0.2) is 48.5 Å². The van der Waals surface area contributed by atoms with E-state index in [1.165, 1.54) is 11.3 Å². The number of nitrogens with one attached hydrogen (secondary N) is 1. The summed E-state index contributed by atoms with van der Waals surface area (Å²) in [6, 6.07) is 16.2. The molecule has 2 aromatic carbocycles. The second kappa shape index (κ2) is 8.72. The Morgan fingerprint density at radius 3 is 2.38 bits per heavy atom.